The highest BCUT2D eigenvalue weighted by Crippen LogP contribution is 2.35. The largest absolute Gasteiger partial charge is 0.372 e. The molecule has 1 atom stereocenters. The fourth-order valence-electron chi connectivity index (χ4n) is 2.05. The number of hydrogen-bond donors (Lipinski definition) is 1. The van der Waals surface area contributed by atoms with E-state index in [4.69, 9.17) is 9.72 Å². The predicted octanol–water partition coefficient (Wildman–Crippen LogP) is 3.43. The van der Waals surface area contributed by atoms with E-state index in [1.54, 1.807) is 0 Å². The molecule has 4 nitrogen and oxygen atoms in total. The third-order valence-electron chi connectivity index (χ3n) is 3.03. The van der Waals surface area contributed by atoms with Crippen molar-refractivity contribution >= 4 is 21.7 Å². The zero-order valence-corrected chi connectivity index (χ0v) is 13.0. The van der Waals surface area contributed by atoms with Crippen molar-refractivity contribution in [3.63, 3.8) is 0 Å². The minimum absolute atomic E-state index is 0.0271. The Hall–Kier alpha value is -0.680. The van der Waals surface area contributed by atoms with Gasteiger partial charge in [0, 0.05) is 19.1 Å². The maximum absolute atomic E-state index is 5.68. The van der Waals surface area contributed by atoms with E-state index in [1.807, 2.05) is 7.05 Å². The Morgan fingerprint density at radius 1 is 1.33 bits per heavy atom. The van der Waals surface area contributed by atoms with Crippen molar-refractivity contribution in [1.82, 2.24) is 9.97 Å². The molecule has 0 aliphatic carbocycles. The van der Waals surface area contributed by atoms with Crippen LogP contribution in [-0.2, 0) is 10.2 Å². The Morgan fingerprint density at radius 3 is 2.56 bits per heavy atom. The molecule has 1 fully saturated rings. The van der Waals surface area contributed by atoms with E-state index in [2.05, 4.69) is 47.0 Å². The summed E-state index contributed by atoms with van der Waals surface area (Å²) in [5, 5.41) is 3.12. The maximum atomic E-state index is 5.68. The van der Waals surface area contributed by atoms with Crippen LogP contribution in [0.3, 0.4) is 0 Å². The van der Waals surface area contributed by atoms with Crippen molar-refractivity contribution in [2.75, 3.05) is 19.0 Å². The predicted molar refractivity (Wildman–Crippen MR) is 75.9 cm³/mol. The fourth-order valence-corrected chi connectivity index (χ4v) is 3.02. The van der Waals surface area contributed by atoms with Gasteiger partial charge in [0.25, 0.3) is 0 Å². The molecule has 1 N–H and O–H groups in total. The second kappa shape index (κ2) is 5.13. The van der Waals surface area contributed by atoms with E-state index in [9.17, 15) is 0 Å². The average Bonchev–Trinajstić information content (AvgIpc) is 2.81. The molecule has 5 heteroatoms. The number of aromatic nitrogens is 2. The fraction of sp³-hybridized carbons (Fsp3) is 0.692. The minimum atomic E-state index is -0.0271. The molecule has 2 rings (SSSR count). The lowest BCUT2D eigenvalue weighted by molar-refractivity contribution is 0.104. The number of halogens is 1. The zero-order valence-electron chi connectivity index (χ0n) is 11.4. The summed E-state index contributed by atoms with van der Waals surface area (Å²) in [5.74, 6) is 1.63. The topological polar surface area (TPSA) is 47.0 Å². The summed E-state index contributed by atoms with van der Waals surface area (Å²) >= 11 is 3.59. The van der Waals surface area contributed by atoms with Gasteiger partial charge in [-0.15, -0.1) is 0 Å². The van der Waals surface area contributed by atoms with Gasteiger partial charge < -0.3 is 10.1 Å². The average molecular weight is 314 g/mol. The quantitative estimate of drug-likeness (QED) is 0.908. The van der Waals surface area contributed by atoms with E-state index in [0.717, 1.165) is 41.3 Å². The molecule has 0 bridgehead atoms. The highest BCUT2D eigenvalue weighted by atomic mass is 79.9. The Balaban J connectivity index is 2.48. The van der Waals surface area contributed by atoms with Gasteiger partial charge in [-0.3, -0.25) is 0 Å². The van der Waals surface area contributed by atoms with Gasteiger partial charge in [-0.1, -0.05) is 20.8 Å². The number of rotatable bonds is 2. The first-order chi connectivity index (χ1) is 8.43. The van der Waals surface area contributed by atoms with Gasteiger partial charge in [0.05, 0.1) is 10.2 Å². The van der Waals surface area contributed by atoms with Gasteiger partial charge in [-0.2, -0.15) is 0 Å². The van der Waals surface area contributed by atoms with E-state index in [1.165, 1.54) is 0 Å². The number of nitrogens with one attached hydrogen (secondary N) is 1. The van der Waals surface area contributed by atoms with E-state index >= 15 is 0 Å². The molecule has 1 aliphatic rings. The summed E-state index contributed by atoms with van der Waals surface area (Å²) < 4.78 is 6.62. The van der Waals surface area contributed by atoms with Crippen molar-refractivity contribution in [3.8, 4) is 0 Å². The molecule has 0 saturated carbocycles. The third-order valence-corrected chi connectivity index (χ3v) is 3.78. The SMILES string of the molecule is CNc1nc(C2CCCO2)nc(C(C)(C)C)c1Br. The van der Waals surface area contributed by atoms with Crippen molar-refractivity contribution in [3.05, 3.63) is 16.0 Å². The van der Waals surface area contributed by atoms with Crippen LogP contribution in [0.4, 0.5) is 5.82 Å². The summed E-state index contributed by atoms with van der Waals surface area (Å²) in [6.45, 7) is 7.26. The van der Waals surface area contributed by atoms with Crippen molar-refractivity contribution in [2.45, 2.75) is 45.1 Å². The minimum Gasteiger partial charge on any atom is -0.372 e. The van der Waals surface area contributed by atoms with Crippen LogP contribution in [0, 0.1) is 0 Å². The Kier molecular flexibility index (Phi) is 3.92. The summed E-state index contributed by atoms with van der Waals surface area (Å²) in [5.41, 5.74) is 0.994. The molecule has 0 amide bonds. The van der Waals surface area contributed by atoms with E-state index in [0.29, 0.717) is 0 Å². The van der Waals surface area contributed by atoms with Crippen LogP contribution in [0.25, 0.3) is 0 Å². The van der Waals surface area contributed by atoms with Crippen LogP contribution in [0.15, 0.2) is 4.47 Å². The Labute approximate surface area is 117 Å². The van der Waals surface area contributed by atoms with Gasteiger partial charge in [0.15, 0.2) is 5.82 Å². The summed E-state index contributed by atoms with van der Waals surface area (Å²) in [6, 6.07) is 0. The summed E-state index contributed by atoms with van der Waals surface area (Å²) in [4.78, 5) is 9.26. The Morgan fingerprint density at radius 2 is 2.06 bits per heavy atom. The second-order valence-electron chi connectivity index (χ2n) is 5.59. The molecule has 1 saturated heterocycles. The van der Waals surface area contributed by atoms with Crippen LogP contribution >= 0.6 is 15.9 Å². The monoisotopic (exact) mass is 313 g/mol. The second-order valence-corrected chi connectivity index (χ2v) is 6.39. The van der Waals surface area contributed by atoms with Crippen LogP contribution < -0.4 is 5.32 Å². The molecular formula is C13H20BrN3O. The maximum Gasteiger partial charge on any atom is 0.159 e. The number of anilines is 1. The lowest BCUT2D eigenvalue weighted by Crippen LogP contribution is -2.19. The number of nitrogens with zero attached hydrogens (tertiary/aromatic N) is 2. The summed E-state index contributed by atoms with van der Waals surface area (Å²) in [7, 11) is 1.87. The molecule has 0 spiro atoms. The van der Waals surface area contributed by atoms with Gasteiger partial charge in [-0.25, -0.2) is 9.97 Å². The number of ether oxygens (including phenoxy) is 1. The lowest BCUT2D eigenvalue weighted by Gasteiger charge is -2.22. The smallest absolute Gasteiger partial charge is 0.159 e. The van der Waals surface area contributed by atoms with Crippen LogP contribution in [-0.4, -0.2) is 23.6 Å². The normalized spacial score (nSPS) is 20.2. The standard InChI is InChI=1S/C13H20BrN3O/c1-13(2,3)10-9(14)12(15-4)17-11(16-10)8-6-5-7-18-8/h8H,5-7H2,1-4H3,(H,15,16,17). The lowest BCUT2D eigenvalue weighted by atomic mass is 9.91. The molecule has 1 aliphatic heterocycles. The molecule has 1 unspecified atom stereocenters. The third kappa shape index (κ3) is 2.67. The first-order valence-corrected chi connectivity index (χ1v) is 7.10. The van der Waals surface area contributed by atoms with E-state index < -0.39 is 0 Å². The van der Waals surface area contributed by atoms with Gasteiger partial charge in [0.1, 0.15) is 11.9 Å². The van der Waals surface area contributed by atoms with Crippen molar-refractivity contribution in [2.24, 2.45) is 0 Å². The molecule has 0 radical (unpaired) electrons. The van der Waals surface area contributed by atoms with Crippen LogP contribution in [0.2, 0.25) is 0 Å². The molecule has 0 aromatic carbocycles. The highest BCUT2D eigenvalue weighted by Gasteiger charge is 2.27. The first-order valence-electron chi connectivity index (χ1n) is 6.30. The molecule has 1 aromatic heterocycles. The highest BCUT2D eigenvalue weighted by molar-refractivity contribution is 9.10. The van der Waals surface area contributed by atoms with Crippen molar-refractivity contribution < 1.29 is 4.74 Å². The molecule has 2 heterocycles. The Bertz CT molecular complexity index is 437. The van der Waals surface area contributed by atoms with Crippen molar-refractivity contribution in [1.29, 1.82) is 0 Å². The van der Waals surface area contributed by atoms with Gasteiger partial charge in [0.2, 0.25) is 0 Å². The summed E-state index contributed by atoms with van der Waals surface area (Å²) in [6.07, 6.45) is 2.14. The molecule has 18 heavy (non-hydrogen) atoms. The molecule has 100 valence electrons. The first kappa shape index (κ1) is 13.7. The number of hydrogen-bond acceptors (Lipinski definition) is 4. The van der Waals surface area contributed by atoms with Crippen LogP contribution in [0.1, 0.15) is 51.2 Å². The van der Waals surface area contributed by atoms with Gasteiger partial charge in [-0.05, 0) is 28.8 Å². The molecule has 1 aromatic rings. The van der Waals surface area contributed by atoms with Crippen LogP contribution in [0.5, 0.6) is 0 Å². The van der Waals surface area contributed by atoms with E-state index in [-0.39, 0.29) is 11.5 Å². The molecular weight excluding hydrogens is 294 g/mol. The zero-order chi connectivity index (χ0) is 13.3. The van der Waals surface area contributed by atoms with Gasteiger partial charge >= 0.3 is 0 Å².